The molecule has 0 N–H and O–H groups in total. The first-order chi connectivity index (χ1) is 12.1. The molecule has 3 heteroatoms. The van der Waals surface area contributed by atoms with Crippen molar-refractivity contribution in [3.05, 3.63) is 48.0 Å². The molecule has 2 atom stereocenters. The summed E-state index contributed by atoms with van der Waals surface area (Å²) in [6.45, 7) is 14.6. The lowest BCUT2D eigenvalue weighted by atomic mass is 9.65. The third kappa shape index (κ3) is 4.95. The third-order valence-corrected chi connectivity index (χ3v) is 11.1. The van der Waals surface area contributed by atoms with Gasteiger partial charge >= 0.3 is 0 Å². The highest BCUT2D eigenvalue weighted by atomic mass is 28.4. The molecule has 0 aromatic heterocycles. The normalized spacial score (nSPS) is 24.1. The van der Waals surface area contributed by atoms with Crippen LogP contribution in [-0.4, -0.2) is 20.7 Å². The van der Waals surface area contributed by atoms with Crippen molar-refractivity contribution in [3.8, 4) is 0 Å². The standard InChI is InChI=1S/C23H36O2Si/c1-22(2,3)26(5,6)25-17-11-10-14-20-18-21(24)15-16-23(20,4)19-12-8-7-9-13-19/h7-9,12-13,15-16,20H,10-11,14,17-18H2,1-6H3/t20-,23+/m1/s1. The van der Waals surface area contributed by atoms with E-state index in [4.69, 9.17) is 4.43 Å². The van der Waals surface area contributed by atoms with Crippen LogP contribution >= 0.6 is 0 Å². The lowest BCUT2D eigenvalue weighted by molar-refractivity contribution is -0.116. The minimum atomic E-state index is -1.65. The van der Waals surface area contributed by atoms with Gasteiger partial charge in [-0.3, -0.25) is 4.79 Å². The quantitative estimate of drug-likeness (QED) is 0.416. The number of allylic oxidation sites excluding steroid dienone is 2. The van der Waals surface area contributed by atoms with Crippen molar-refractivity contribution in [3.63, 3.8) is 0 Å². The molecule has 0 aliphatic heterocycles. The van der Waals surface area contributed by atoms with Gasteiger partial charge in [0.25, 0.3) is 0 Å². The maximum Gasteiger partial charge on any atom is 0.191 e. The van der Waals surface area contributed by atoms with Crippen molar-refractivity contribution in [2.75, 3.05) is 6.61 Å². The zero-order chi connectivity index (χ0) is 19.4. The first-order valence-electron chi connectivity index (χ1n) is 9.98. The molecule has 0 saturated heterocycles. The van der Waals surface area contributed by atoms with E-state index in [1.807, 2.05) is 0 Å². The fourth-order valence-electron chi connectivity index (χ4n) is 3.49. The SMILES string of the molecule is CC(C)(C)[Si](C)(C)OCCCC[C@@H]1CC(=O)C=C[C@@]1(C)c1ccccc1. The van der Waals surface area contributed by atoms with Crippen LogP contribution in [0, 0.1) is 5.92 Å². The van der Waals surface area contributed by atoms with Crippen LogP contribution in [0.15, 0.2) is 42.5 Å². The average Bonchev–Trinajstić information content (AvgIpc) is 2.57. The van der Waals surface area contributed by atoms with E-state index in [-0.39, 0.29) is 16.2 Å². The summed E-state index contributed by atoms with van der Waals surface area (Å²) in [5.74, 6) is 0.635. The number of ketones is 1. The number of carbonyl (C=O) groups excluding carboxylic acids is 1. The molecule has 1 aromatic carbocycles. The number of carbonyl (C=O) groups is 1. The lowest BCUT2D eigenvalue weighted by Crippen LogP contribution is -2.41. The van der Waals surface area contributed by atoms with Gasteiger partial charge in [0.1, 0.15) is 0 Å². The minimum Gasteiger partial charge on any atom is -0.417 e. The molecule has 0 bridgehead atoms. The molecule has 2 rings (SSSR count). The minimum absolute atomic E-state index is 0.0462. The van der Waals surface area contributed by atoms with Gasteiger partial charge in [-0.2, -0.15) is 0 Å². The number of unbranched alkanes of at least 4 members (excludes halogenated alkanes) is 1. The first kappa shape index (κ1) is 21.1. The van der Waals surface area contributed by atoms with Crippen LogP contribution in [0.3, 0.4) is 0 Å². The number of benzene rings is 1. The van der Waals surface area contributed by atoms with Gasteiger partial charge in [-0.1, -0.05) is 70.5 Å². The fraction of sp³-hybridized carbons (Fsp3) is 0.609. The summed E-state index contributed by atoms with van der Waals surface area (Å²) in [6, 6.07) is 10.6. The second-order valence-electron chi connectivity index (χ2n) is 9.45. The molecule has 1 aromatic rings. The predicted octanol–water partition coefficient (Wildman–Crippen LogP) is 6.28. The van der Waals surface area contributed by atoms with Crippen LogP contribution in [-0.2, 0) is 14.6 Å². The van der Waals surface area contributed by atoms with Gasteiger partial charge < -0.3 is 4.43 Å². The molecule has 2 nitrogen and oxygen atoms in total. The Morgan fingerprint density at radius 3 is 2.42 bits per heavy atom. The third-order valence-electron chi connectivity index (χ3n) is 6.52. The second-order valence-corrected chi connectivity index (χ2v) is 14.3. The molecule has 0 heterocycles. The summed E-state index contributed by atoms with van der Waals surface area (Å²) in [6.07, 6.45) is 7.83. The molecule has 1 aliphatic rings. The van der Waals surface area contributed by atoms with Crippen molar-refractivity contribution >= 4 is 14.1 Å². The smallest absolute Gasteiger partial charge is 0.191 e. The van der Waals surface area contributed by atoms with Crippen molar-refractivity contribution in [2.24, 2.45) is 5.92 Å². The van der Waals surface area contributed by atoms with E-state index in [2.05, 4.69) is 77.2 Å². The summed E-state index contributed by atoms with van der Waals surface area (Å²) < 4.78 is 6.30. The number of rotatable bonds is 7. The number of hydrogen-bond acceptors (Lipinski definition) is 2. The molecule has 26 heavy (non-hydrogen) atoms. The van der Waals surface area contributed by atoms with Crippen molar-refractivity contribution in [2.45, 2.75) is 76.9 Å². The topological polar surface area (TPSA) is 26.3 Å². The van der Waals surface area contributed by atoms with Crippen LogP contribution < -0.4 is 0 Å². The van der Waals surface area contributed by atoms with Gasteiger partial charge in [0.2, 0.25) is 0 Å². The van der Waals surface area contributed by atoms with Gasteiger partial charge in [0.05, 0.1) is 0 Å². The highest BCUT2D eigenvalue weighted by molar-refractivity contribution is 6.74. The number of hydrogen-bond donors (Lipinski definition) is 0. The van der Waals surface area contributed by atoms with E-state index in [0.717, 1.165) is 25.9 Å². The van der Waals surface area contributed by atoms with E-state index in [0.29, 0.717) is 12.3 Å². The van der Waals surface area contributed by atoms with Crippen LogP contribution in [0.2, 0.25) is 18.1 Å². The molecular weight excluding hydrogens is 336 g/mol. The Morgan fingerprint density at radius 2 is 1.81 bits per heavy atom. The van der Waals surface area contributed by atoms with Crippen LogP contribution in [0.1, 0.15) is 58.9 Å². The molecule has 1 aliphatic carbocycles. The van der Waals surface area contributed by atoms with E-state index >= 15 is 0 Å². The Morgan fingerprint density at radius 1 is 1.15 bits per heavy atom. The summed E-state index contributed by atoms with van der Waals surface area (Å²) in [7, 11) is -1.65. The van der Waals surface area contributed by atoms with Gasteiger partial charge in [0, 0.05) is 18.4 Å². The maximum absolute atomic E-state index is 12.0. The molecule has 0 amide bonds. The fourth-order valence-corrected chi connectivity index (χ4v) is 4.58. The van der Waals surface area contributed by atoms with Gasteiger partial charge in [-0.25, -0.2) is 0 Å². The molecule has 0 spiro atoms. The van der Waals surface area contributed by atoms with E-state index in [9.17, 15) is 4.79 Å². The summed E-state index contributed by atoms with van der Waals surface area (Å²) in [4.78, 5) is 12.0. The Bertz CT molecular complexity index is 627. The lowest BCUT2D eigenvalue weighted by Gasteiger charge is -2.38. The Labute approximate surface area is 161 Å². The Hall–Kier alpha value is -1.19. The summed E-state index contributed by atoms with van der Waals surface area (Å²) in [5, 5.41) is 0.263. The molecular formula is C23H36O2Si. The molecule has 0 fully saturated rings. The van der Waals surface area contributed by atoms with E-state index in [1.54, 1.807) is 6.08 Å². The molecule has 0 radical (unpaired) electrons. The van der Waals surface area contributed by atoms with Crippen LogP contribution in [0.25, 0.3) is 0 Å². The summed E-state index contributed by atoms with van der Waals surface area (Å²) >= 11 is 0. The van der Waals surface area contributed by atoms with E-state index in [1.165, 1.54) is 5.56 Å². The average molecular weight is 373 g/mol. The van der Waals surface area contributed by atoms with Gasteiger partial charge in [-0.05, 0) is 48.5 Å². The zero-order valence-corrected chi connectivity index (χ0v) is 18.5. The highest BCUT2D eigenvalue weighted by Gasteiger charge is 2.38. The van der Waals surface area contributed by atoms with Crippen LogP contribution in [0.4, 0.5) is 0 Å². The largest absolute Gasteiger partial charge is 0.417 e. The highest BCUT2D eigenvalue weighted by Crippen LogP contribution is 2.41. The summed E-state index contributed by atoms with van der Waals surface area (Å²) in [5.41, 5.74) is 1.27. The van der Waals surface area contributed by atoms with Crippen molar-refractivity contribution < 1.29 is 9.22 Å². The molecule has 144 valence electrons. The van der Waals surface area contributed by atoms with Crippen molar-refractivity contribution in [1.82, 2.24) is 0 Å². The second kappa shape index (κ2) is 8.22. The van der Waals surface area contributed by atoms with Gasteiger partial charge in [-0.15, -0.1) is 0 Å². The van der Waals surface area contributed by atoms with Gasteiger partial charge in [0.15, 0.2) is 14.1 Å². The molecule has 0 unspecified atom stereocenters. The first-order valence-corrected chi connectivity index (χ1v) is 12.9. The van der Waals surface area contributed by atoms with Crippen molar-refractivity contribution in [1.29, 1.82) is 0 Å². The zero-order valence-electron chi connectivity index (χ0n) is 17.5. The van der Waals surface area contributed by atoms with E-state index < -0.39 is 8.32 Å². The predicted molar refractivity (Wildman–Crippen MR) is 113 cm³/mol. The monoisotopic (exact) mass is 372 g/mol. The Balaban J connectivity index is 1.93. The Kier molecular flexibility index (Phi) is 6.68. The maximum atomic E-state index is 12.0. The van der Waals surface area contributed by atoms with Crippen LogP contribution in [0.5, 0.6) is 0 Å². The molecule has 0 saturated carbocycles.